The van der Waals surface area contributed by atoms with E-state index in [1.165, 1.54) is 0 Å². The van der Waals surface area contributed by atoms with Gasteiger partial charge in [0, 0.05) is 31.3 Å². The molecule has 3 rings (SSSR count). The van der Waals surface area contributed by atoms with Crippen LogP contribution in [0.3, 0.4) is 0 Å². The molecule has 0 bridgehead atoms. The number of pyridine rings is 1. The Morgan fingerprint density at radius 2 is 2.26 bits per heavy atom. The number of nitrogens with two attached hydrogens (primary N) is 1. The summed E-state index contributed by atoms with van der Waals surface area (Å²) >= 11 is 0. The number of aromatic nitrogens is 1. The number of benzene rings is 1. The number of aliphatic hydroxyl groups is 1. The molecule has 2 heterocycles. The van der Waals surface area contributed by atoms with Gasteiger partial charge in [0.1, 0.15) is 0 Å². The van der Waals surface area contributed by atoms with Crippen molar-refractivity contribution in [2.24, 2.45) is 5.92 Å². The van der Waals surface area contributed by atoms with Crippen molar-refractivity contribution in [2.75, 3.05) is 30.3 Å². The van der Waals surface area contributed by atoms with E-state index in [1.807, 2.05) is 24.3 Å². The van der Waals surface area contributed by atoms with Gasteiger partial charge in [-0.1, -0.05) is 0 Å². The molecule has 19 heavy (non-hydrogen) atoms. The molecule has 1 atom stereocenters. The van der Waals surface area contributed by atoms with E-state index < -0.39 is 0 Å². The van der Waals surface area contributed by atoms with Gasteiger partial charge in [-0.25, -0.2) is 0 Å². The highest BCUT2D eigenvalue weighted by Crippen LogP contribution is 2.32. The topological polar surface area (TPSA) is 62.4 Å². The molecule has 1 aromatic carbocycles. The molecule has 0 saturated carbocycles. The van der Waals surface area contributed by atoms with E-state index in [2.05, 4.69) is 9.88 Å². The lowest BCUT2D eigenvalue weighted by molar-refractivity contribution is 0.209. The van der Waals surface area contributed by atoms with Gasteiger partial charge >= 0.3 is 0 Å². The van der Waals surface area contributed by atoms with Gasteiger partial charge in [-0.15, -0.1) is 0 Å². The second kappa shape index (κ2) is 5.05. The highest BCUT2D eigenvalue weighted by atomic mass is 16.3. The first kappa shape index (κ1) is 12.2. The van der Waals surface area contributed by atoms with Gasteiger partial charge in [0.25, 0.3) is 0 Å². The Hall–Kier alpha value is -1.81. The lowest BCUT2D eigenvalue weighted by atomic mass is 9.98. The second-order valence-corrected chi connectivity index (χ2v) is 5.21. The minimum absolute atomic E-state index is 0.255. The Balaban J connectivity index is 1.98. The molecular formula is C15H19N3O. The number of rotatable bonds is 2. The highest BCUT2D eigenvalue weighted by Gasteiger charge is 2.21. The predicted molar refractivity (Wildman–Crippen MR) is 78.2 cm³/mol. The zero-order chi connectivity index (χ0) is 13.2. The van der Waals surface area contributed by atoms with Gasteiger partial charge in [0.05, 0.1) is 16.9 Å². The highest BCUT2D eigenvalue weighted by molar-refractivity contribution is 5.97. The van der Waals surface area contributed by atoms with Crippen LogP contribution in [-0.2, 0) is 0 Å². The van der Waals surface area contributed by atoms with Gasteiger partial charge in [0.2, 0.25) is 0 Å². The van der Waals surface area contributed by atoms with Crippen LogP contribution in [0.4, 0.5) is 11.4 Å². The van der Waals surface area contributed by atoms with Crippen LogP contribution in [-0.4, -0.2) is 29.8 Å². The van der Waals surface area contributed by atoms with Gasteiger partial charge in [-0.3, -0.25) is 4.98 Å². The molecule has 1 fully saturated rings. The molecule has 1 aromatic heterocycles. The largest absolute Gasteiger partial charge is 0.396 e. The third-order valence-corrected chi connectivity index (χ3v) is 3.92. The molecule has 0 aliphatic carbocycles. The maximum Gasteiger partial charge on any atom is 0.0724 e. The molecule has 100 valence electrons. The van der Waals surface area contributed by atoms with Crippen LogP contribution in [0, 0.1) is 5.92 Å². The van der Waals surface area contributed by atoms with Crippen LogP contribution in [0.2, 0.25) is 0 Å². The molecule has 4 nitrogen and oxygen atoms in total. The number of nitrogens with zero attached hydrogens (tertiary/aromatic N) is 2. The summed E-state index contributed by atoms with van der Waals surface area (Å²) in [5.41, 5.74) is 9.09. The van der Waals surface area contributed by atoms with E-state index in [1.54, 1.807) is 6.20 Å². The molecular weight excluding hydrogens is 238 g/mol. The first-order chi connectivity index (χ1) is 9.29. The minimum atomic E-state index is 0.255. The van der Waals surface area contributed by atoms with Crippen molar-refractivity contribution in [3.63, 3.8) is 0 Å². The van der Waals surface area contributed by atoms with E-state index >= 15 is 0 Å². The van der Waals surface area contributed by atoms with Crippen molar-refractivity contribution < 1.29 is 5.11 Å². The fourth-order valence-corrected chi connectivity index (χ4v) is 2.87. The Morgan fingerprint density at radius 1 is 1.37 bits per heavy atom. The summed E-state index contributed by atoms with van der Waals surface area (Å²) in [6.45, 7) is 2.14. The number of fused-ring (bicyclic) bond motifs is 1. The fourth-order valence-electron chi connectivity index (χ4n) is 2.87. The summed E-state index contributed by atoms with van der Waals surface area (Å²) in [5, 5.41) is 10.3. The predicted octanol–water partition coefficient (Wildman–Crippen LogP) is 2.03. The smallest absolute Gasteiger partial charge is 0.0724 e. The zero-order valence-electron chi connectivity index (χ0n) is 10.9. The van der Waals surface area contributed by atoms with Crippen LogP contribution in [0.5, 0.6) is 0 Å². The molecule has 3 N–H and O–H groups in total. The zero-order valence-corrected chi connectivity index (χ0v) is 10.9. The fraction of sp³-hybridized carbons (Fsp3) is 0.400. The van der Waals surface area contributed by atoms with Crippen molar-refractivity contribution in [2.45, 2.75) is 12.8 Å². The molecule has 4 heteroatoms. The summed E-state index contributed by atoms with van der Waals surface area (Å²) in [5.74, 6) is 0.359. The van der Waals surface area contributed by atoms with Gasteiger partial charge < -0.3 is 15.7 Å². The van der Waals surface area contributed by atoms with E-state index in [9.17, 15) is 5.11 Å². The van der Waals surface area contributed by atoms with Crippen molar-refractivity contribution in [3.8, 4) is 0 Å². The van der Waals surface area contributed by atoms with Crippen molar-refractivity contribution >= 4 is 22.3 Å². The third kappa shape index (κ3) is 2.24. The van der Waals surface area contributed by atoms with Gasteiger partial charge in [-0.2, -0.15) is 0 Å². The molecule has 0 radical (unpaired) electrons. The normalized spacial score (nSPS) is 19.8. The van der Waals surface area contributed by atoms with Gasteiger partial charge in [-0.05, 0) is 43.0 Å². The molecule has 1 saturated heterocycles. The average molecular weight is 257 g/mol. The number of anilines is 2. The summed E-state index contributed by atoms with van der Waals surface area (Å²) < 4.78 is 0. The molecule has 0 amide bonds. The summed E-state index contributed by atoms with van der Waals surface area (Å²) in [6, 6.07) is 7.98. The molecule has 1 aliphatic heterocycles. The van der Waals surface area contributed by atoms with Gasteiger partial charge in [0.15, 0.2) is 0 Å². The summed E-state index contributed by atoms with van der Waals surface area (Å²) in [4.78, 5) is 6.60. The van der Waals surface area contributed by atoms with Crippen LogP contribution < -0.4 is 10.6 Å². The van der Waals surface area contributed by atoms with Crippen molar-refractivity contribution in [3.05, 3.63) is 30.5 Å². The Labute approximate surface area is 112 Å². The lowest BCUT2D eigenvalue weighted by Crippen LogP contribution is -2.37. The summed E-state index contributed by atoms with van der Waals surface area (Å²) in [6.07, 6.45) is 3.99. The lowest BCUT2D eigenvalue weighted by Gasteiger charge is -2.34. The second-order valence-electron chi connectivity index (χ2n) is 5.21. The number of piperidine rings is 1. The Kier molecular flexibility index (Phi) is 3.25. The van der Waals surface area contributed by atoms with E-state index in [0.29, 0.717) is 5.92 Å². The van der Waals surface area contributed by atoms with Crippen LogP contribution >= 0.6 is 0 Å². The van der Waals surface area contributed by atoms with E-state index in [4.69, 9.17) is 5.73 Å². The first-order valence-electron chi connectivity index (χ1n) is 6.78. The van der Waals surface area contributed by atoms with E-state index in [0.717, 1.165) is 48.2 Å². The minimum Gasteiger partial charge on any atom is -0.396 e. The summed E-state index contributed by atoms with van der Waals surface area (Å²) in [7, 11) is 0. The number of nitrogen functional groups attached to an aromatic ring is 1. The quantitative estimate of drug-likeness (QED) is 0.808. The van der Waals surface area contributed by atoms with Crippen LogP contribution in [0.1, 0.15) is 12.8 Å². The molecule has 1 aliphatic rings. The van der Waals surface area contributed by atoms with Crippen LogP contribution in [0.25, 0.3) is 10.9 Å². The number of aliphatic hydroxyl groups excluding tert-OH is 1. The third-order valence-electron chi connectivity index (χ3n) is 3.92. The standard InChI is InChI=1S/C15H19N3O/c16-15-12-4-1-7-17-13(12)5-6-14(15)18-8-2-3-11(9-18)10-19/h1,4-7,11,19H,2-3,8-10,16H2. The molecule has 1 unspecified atom stereocenters. The monoisotopic (exact) mass is 257 g/mol. The number of hydrogen-bond donors (Lipinski definition) is 2. The first-order valence-corrected chi connectivity index (χ1v) is 6.78. The maximum atomic E-state index is 9.33. The van der Waals surface area contributed by atoms with Crippen LogP contribution in [0.15, 0.2) is 30.5 Å². The number of hydrogen-bond acceptors (Lipinski definition) is 4. The Morgan fingerprint density at radius 3 is 3.11 bits per heavy atom. The maximum absolute atomic E-state index is 9.33. The average Bonchev–Trinajstić information content (AvgIpc) is 2.48. The van der Waals surface area contributed by atoms with Crippen molar-refractivity contribution in [1.29, 1.82) is 0 Å². The molecule has 2 aromatic rings. The van der Waals surface area contributed by atoms with E-state index in [-0.39, 0.29) is 6.61 Å². The van der Waals surface area contributed by atoms with Crippen molar-refractivity contribution in [1.82, 2.24) is 4.98 Å². The Bertz CT molecular complexity index is 585. The molecule has 0 spiro atoms. The SMILES string of the molecule is Nc1c(N2CCCC(CO)C2)ccc2ncccc12.